The van der Waals surface area contributed by atoms with E-state index in [9.17, 15) is 4.79 Å². The van der Waals surface area contributed by atoms with Gasteiger partial charge in [-0.3, -0.25) is 4.79 Å². The quantitative estimate of drug-likeness (QED) is 0.291. The highest BCUT2D eigenvalue weighted by atomic mass is 16.7. The van der Waals surface area contributed by atoms with Crippen LogP contribution in [0.3, 0.4) is 0 Å². The maximum absolute atomic E-state index is 14.1. The van der Waals surface area contributed by atoms with Gasteiger partial charge in [-0.2, -0.15) is 0 Å². The SMILES string of the molecule is COc1cc(OCc2ccccc2)c(C(=O)C(c2ccc3c(c2)OCO3)C(OC)OC)cc1OC. The van der Waals surface area contributed by atoms with Gasteiger partial charge in [0.1, 0.15) is 12.4 Å². The monoisotopic (exact) mass is 480 g/mol. The zero-order valence-electron chi connectivity index (χ0n) is 20.1. The second-order valence-corrected chi connectivity index (χ2v) is 7.77. The molecule has 0 bridgehead atoms. The van der Waals surface area contributed by atoms with E-state index in [1.165, 1.54) is 28.4 Å². The molecule has 3 aromatic carbocycles. The molecule has 0 spiro atoms. The highest BCUT2D eigenvalue weighted by molar-refractivity contribution is 6.04. The first kappa shape index (κ1) is 24.4. The van der Waals surface area contributed by atoms with Gasteiger partial charge in [0.15, 0.2) is 35.1 Å². The third-order valence-corrected chi connectivity index (χ3v) is 5.76. The molecule has 0 radical (unpaired) electrons. The first-order chi connectivity index (χ1) is 17.1. The first-order valence-corrected chi connectivity index (χ1v) is 11.0. The number of methoxy groups -OCH3 is 4. The number of ketones is 1. The fourth-order valence-corrected chi connectivity index (χ4v) is 3.98. The summed E-state index contributed by atoms with van der Waals surface area (Å²) in [7, 11) is 6.02. The van der Waals surface area contributed by atoms with Crippen molar-refractivity contribution < 1.29 is 38.0 Å². The largest absolute Gasteiger partial charge is 0.493 e. The van der Waals surface area contributed by atoms with Crippen molar-refractivity contribution in [3.63, 3.8) is 0 Å². The number of carbonyl (C=O) groups is 1. The predicted octanol–water partition coefficient (Wildman–Crippen LogP) is 4.60. The Morgan fingerprint density at radius 1 is 0.829 bits per heavy atom. The number of hydrogen-bond acceptors (Lipinski definition) is 8. The van der Waals surface area contributed by atoms with Crippen LogP contribution in [0.15, 0.2) is 60.7 Å². The fraction of sp³-hybridized carbons (Fsp3) is 0.296. The van der Waals surface area contributed by atoms with Crippen molar-refractivity contribution in [3.8, 4) is 28.7 Å². The standard InChI is InChI=1S/C27H28O8/c1-29-22-13-19(21(14-23(22)30-2)33-15-17-8-6-5-7-9-17)26(28)25(27(31-3)32-4)18-10-11-20-24(12-18)35-16-34-20/h5-14,25,27H,15-16H2,1-4H3. The van der Waals surface area contributed by atoms with Crippen LogP contribution in [-0.2, 0) is 16.1 Å². The number of fused-ring (bicyclic) bond motifs is 1. The molecule has 4 rings (SSSR count). The van der Waals surface area contributed by atoms with Crippen molar-refractivity contribution >= 4 is 5.78 Å². The van der Waals surface area contributed by atoms with Gasteiger partial charge in [0.2, 0.25) is 6.79 Å². The minimum atomic E-state index is -0.863. The Morgan fingerprint density at radius 2 is 1.51 bits per heavy atom. The number of Topliss-reactive ketones (excluding diaryl/α,β-unsaturated/α-hetero) is 1. The predicted molar refractivity (Wildman–Crippen MR) is 128 cm³/mol. The highest BCUT2D eigenvalue weighted by Crippen LogP contribution is 2.41. The Hall–Kier alpha value is -3.75. The van der Waals surface area contributed by atoms with Crippen LogP contribution < -0.4 is 23.7 Å². The van der Waals surface area contributed by atoms with E-state index in [-0.39, 0.29) is 19.2 Å². The summed E-state index contributed by atoms with van der Waals surface area (Å²) in [5.41, 5.74) is 1.91. The van der Waals surface area contributed by atoms with Gasteiger partial charge in [0, 0.05) is 20.3 Å². The van der Waals surface area contributed by atoms with Gasteiger partial charge in [-0.25, -0.2) is 0 Å². The number of benzene rings is 3. The topological polar surface area (TPSA) is 81.7 Å². The Bertz CT molecular complexity index is 1160. The molecule has 8 nitrogen and oxygen atoms in total. The lowest BCUT2D eigenvalue weighted by Crippen LogP contribution is -2.30. The summed E-state index contributed by atoms with van der Waals surface area (Å²) in [5.74, 6) is 1.27. The Kier molecular flexibility index (Phi) is 7.74. The zero-order chi connectivity index (χ0) is 24.8. The van der Waals surface area contributed by atoms with Gasteiger partial charge in [0.05, 0.1) is 25.7 Å². The molecule has 0 aromatic heterocycles. The molecule has 0 amide bonds. The molecule has 1 unspecified atom stereocenters. The molecule has 8 heteroatoms. The third-order valence-electron chi connectivity index (χ3n) is 5.76. The van der Waals surface area contributed by atoms with Crippen LogP contribution in [-0.4, -0.2) is 47.3 Å². The molecule has 0 fully saturated rings. The van der Waals surface area contributed by atoms with Gasteiger partial charge in [0.25, 0.3) is 0 Å². The van der Waals surface area contributed by atoms with Gasteiger partial charge >= 0.3 is 0 Å². The highest BCUT2D eigenvalue weighted by Gasteiger charge is 2.35. The summed E-state index contributed by atoms with van der Waals surface area (Å²) in [6.45, 7) is 0.395. The van der Waals surface area contributed by atoms with Crippen LogP contribution in [0.25, 0.3) is 0 Å². The number of ether oxygens (including phenoxy) is 7. The van der Waals surface area contributed by atoms with Crippen LogP contribution in [0.1, 0.15) is 27.4 Å². The van der Waals surface area contributed by atoms with Crippen molar-refractivity contribution in [2.45, 2.75) is 18.8 Å². The molecular formula is C27H28O8. The van der Waals surface area contributed by atoms with Crippen molar-refractivity contribution in [1.29, 1.82) is 0 Å². The van der Waals surface area contributed by atoms with Crippen molar-refractivity contribution in [1.82, 2.24) is 0 Å². The van der Waals surface area contributed by atoms with Crippen molar-refractivity contribution in [2.24, 2.45) is 0 Å². The Balaban J connectivity index is 1.77. The zero-order valence-corrected chi connectivity index (χ0v) is 20.1. The van der Waals surface area contributed by atoms with E-state index in [0.717, 1.165) is 5.56 Å². The van der Waals surface area contributed by atoms with Crippen LogP contribution in [0.4, 0.5) is 0 Å². The lowest BCUT2D eigenvalue weighted by atomic mass is 9.89. The molecule has 1 aliphatic heterocycles. The Labute approximate surface area is 204 Å². The lowest BCUT2D eigenvalue weighted by molar-refractivity contribution is -0.110. The molecule has 0 saturated carbocycles. The van der Waals surface area contributed by atoms with Crippen molar-refractivity contribution in [2.75, 3.05) is 35.2 Å². The Morgan fingerprint density at radius 3 is 2.20 bits per heavy atom. The number of hydrogen-bond donors (Lipinski definition) is 0. The van der Waals surface area contributed by atoms with Crippen LogP contribution in [0.2, 0.25) is 0 Å². The van der Waals surface area contributed by atoms with E-state index in [4.69, 9.17) is 33.2 Å². The summed E-state index contributed by atoms with van der Waals surface area (Å²) in [6.07, 6.45) is -0.863. The van der Waals surface area contributed by atoms with Gasteiger partial charge in [-0.05, 0) is 29.3 Å². The van der Waals surface area contributed by atoms with Gasteiger partial charge in [-0.1, -0.05) is 36.4 Å². The summed E-state index contributed by atoms with van der Waals surface area (Å²) in [6, 6.07) is 18.3. The number of rotatable bonds is 11. The summed E-state index contributed by atoms with van der Waals surface area (Å²) in [5, 5.41) is 0. The summed E-state index contributed by atoms with van der Waals surface area (Å²) in [4.78, 5) is 14.1. The van der Waals surface area contributed by atoms with E-state index in [1.54, 1.807) is 30.3 Å². The van der Waals surface area contributed by atoms with E-state index < -0.39 is 12.2 Å². The molecule has 3 aromatic rings. The molecule has 1 heterocycles. The molecule has 0 N–H and O–H groups in total. The fourth-order valence-electron chi connectivity index (χ4n) is 3.98. The minimum Gasteiger partial charge on any atom is -0.493 e. The molecule has 184 valence electrons. The normalized spacial score (nSPS) is 12.9. The second kappa shape index (κ2) is 11.1. The maximum Gasteiger partial charge on any atom is 0.231 e. The molecular weight excluding hydrogens is 452 g/mol. The minimum absolute atomic E-state index is 0.128. The van der Waals surface area contributed by atoms with Gasteiger partial charge in [-0.15, -0.1) is 0 Å². The molecule has 35 heavy (non-hydrogen) atoms. The van der Waals surface area contributed by atoms with E-state index in [0.29, 0.717) is 39.9 Å². The lowest BCUT2D eigenvalue weighted by Gasteiger charge is -2.25. The maximum atomic E-state index is 14.1. The van der Waals surface area contributed by atoms with E-state index in [1.807, 2.05) is 30.3 Å². The first-order valence-electron chi connectivity index (χ1n) is 11.0. The van der Waals surface area contributed by atoms with Crippen LogP contribution >= 0.6 is 0 Å². The van der Waals surface area contributed by atoms with Gasteiger partial charge < -0.3 is 33.2 Å². The smallest absolute Gasteiger partial charge is 0.231 e. The second-order valence-electron chi connectivity index (χ2n) is 7.77. The molecule has 1 aliphatic rings. The molecule has 0 aliphatic carbocycles. The number of carbonyl (C=O) groups excluding carboxylic acids is 1. The third kappa shape index (κ3) is 5.18. The van der Waals surface area contributed by atoms with Crippen LogP contribution in [0, 0.1) is 0 Å². The molecule has 1 atom stereocenters. The summed E-state index contributed by atoms with van der Waals surface area (Å²) >= 11 is 0. The summed E-state index contributed by atoms with van der Waals surface area (Å²) < 4.78 is 39.1. The average Bonchev–Trinajstić information content (AvgIpc) is 3.38. The van der Waals surface area contributed by atoms with Crippen molar-refractivity contribution in [3.05, 3.63) is 77.4 Å². The van der Waals surface area contributed by atoms with E-state index >= 15 is 0 Å². The van der Waals surface area contributed by atoms with E-state index in [2.05, 4.69) is 0 Å². The molecule has 0 saturated heterocycles. The van der Waals surface area contributed by atoms with Crippen LogP contribution in [0.5, 0.6) is 28.7 Å². The average molecular weight is 481 g/mol.